The minimum atomic E-state index is 0.549. The molecule has 6 heterocycles. The van der Waals surface area contributed by atoms with E-state index in [1.807, 2.05) is 0 Å². The third-order valence-corrected chi connectivity index (χ3v) is 8.46. The fourth-order valence-electron chi connectivity index (χ4n) is 6.44. The van der Waals surface area contributed by atoms with E-state index in [0.29, 0.717) is 6.10 Å². The first-order valence-corrected chi connectivity index (χ1v) is 11.6. The van der Waals surface area contributed by atoms with Crippen LogP contribution in [0.5, 0.6) is 0 Å². The second kappa shape index (κ2) is 7.78. The fourth-order valence-corrected chi connectivity index (χ4v) is 6.44. The number of nitrogens with one attached hydrogen (secondary N) is 3. The molecule has 0 spiro atoms. The van der Waals surface area contributed by atoms with E-state index in [4.69, 9.17) is 4.74 Å². The van der Waals surface area contributed by atoms with Gasteiger partial charge in [-0.25, -0.2) is 0 Å². The van der Waals surface area contributed by atoms with Gasteiger partial charge >= 0.3 is 0 Å². The lowest BCUT2D eigenvalue weighted by molar-refractivity contribution is -0.874. The van der Waals surface area contributed by atoms with Crippen LogP contribution in [0.4, 0.5) is 0 Å². The molecule has 6 bridgehead atoms. The Balaban J connectivity index is 0.0000000929. The van der Waals surface area contributed by atoms with Gasteiger partial charge in [0.2, 0.25) is 0 Å². The van der Waals surface area contributed by atoms with E-state index in [-0.39, 0.29) is 0 Å². The first-order chi connectivity index (χ1) is 13.5. The first-order valence-electron chi connectivity index (χ1n) is 11.6. The summed E-state index contributed by atoms with van der Waals surface area (Å²) in [5.74, 6) is 0. The Bertz CT molecular complexity index is 535. The third kappa shape index (κ3) is 3.88. The molecular formula is C22H41N5O. The summed E-state index contributed by atoms with van der Waals surface area (Å²) in [5.41, 5.74) is 0. The molecule has 160 valence electrons. The molecule has 0 radical (unpaired) electrons. The lowest BCUT2D eigenvalue weighted by atomic mass is 10.2. The Kier molecular flexibility index (Phi) is 5.48. The number of ether oxygens (including phenoxy) is 1. The van der Waals surface area contributed by atoms with E-state index in [1.54, 1.807) is 0 Å². The molecule has 0 amide bonds. The zero-order valence-corrected chi connectivity index (χ0v) is 17.7. The summed E-state index contributed by atoms with van der Waals surface area (Å²) in [5, 5.41) is 0. The Morgan fingerprint density at radius 2 is 1.39 bits per heavy atom. The summed E-state index contributed by atoms with van der Waals surface area (Å²) < 4.78 is 5.36. The number of fused-ring (bicyclic) bond motifs is 6. The number of piperazine rings is 2. The van der Waals surface area contributed by atoms with Crippen molar-refractivity contribution in [2.24, 2.45) is 0 Å². The van der Waals surface area contributed by atoms with Crippen LogP contribution in [0, 0.1) is 21.1 Å². The van der Waals surface area contributed by atoms with Crippen molar-refractivity contribution in [3.05, 3.63) is 21.1 Å². The third-order valence-electron chi connectivity index (χ3n) is 8.46. The molecule has 6 heteroatoms. The maximum atomic E-state index is 5.36. The van der Waals surface area contributed by atoms with Gasteiger partial charge in [0, 0.05) is 38.4 Å². The Morgan fingerprint density at radius 3 is 1.71 bits per heavy atom. The van der Waals surface area contributed by atoms with E-state index in [2.05, 4.69) is 38.0 Å². The predicted molar refractivity (Wildman–Crippen MR) is 108 cm³/mol. The smallest absolute Gasteiger partial charge is 0.110 e. The number of hydrogen-bond acceptors (Lipinski definition) is 3. The van der Waals surface area contributed by atoms with Crippen molar-refractivity contribution in [3.63, 3.8) is 0 Å². The topological polar surface area (TPSA) is 29.0 Å². The Labute approximate surface area is 171 Å². The van der Waals surface area contributed by atoms with Gasteiger partial charge in [-0.2, -0.15) is 21.1 Å². The van der Waals surface area contributed by atoms with Gasteiger partial charge in [-0.3, -0.25) is 9.80 Å². The van der Waals surface area contributed by atoms with Gasteiger partial charge in [0.05, 0.1) is 56.5 Å². The second-order valence-electron chi connectivity index (χ2n) is 10.5. The van der Waals surface area contributed by atoms with Crippen molar-refractivity contribution in [3.8, 4) is 0 Å². The SMILES string of the molecule is [CH2-][NH+]1CC2CC1CN2C.[CH2-][NH+]1CC2CC1CN2C1CC1.[CH2-][NH+]1CC2CC1CO2. The summed E-state index contributed by atoms with van der Waals surface area (Å²) >= 11 is 0. The minimum Gasteiger partial charge on any atom is -0.463 e. The van der Waals surface area contributed by atoms with Crippen LogP contribution >= 0.6 is 0 Å². The monoisotopic (exact) mass is 391 g/mol. The largest absolute Gasteiger partial charge is 0.463 e. The minimum absolute atomic E-state index is 0.549. The van der Waals surface area contributed by atoms with Crippen molar-refractivity contribution in [2.45, 2.75) is 74.5 Å². The van der Waals surface area contributed by atoms with Crippen molar-refractivity contribution in [2.75, 3.05) is 46.4 Å². The van der Waals surface area contributed by atoms with Crippen LogP contribution in [0.1, 0.15) is 32.1 Å². The van der Waals surface area contributed by atoms with Crippen LogP contribution in [0.15, 0.2) is 0 Å². The zero-order chi connectivity index (χ0) is 19.4. The van der Waals surface area contributed by atoms with E-state index in [0.717, 1.165) is 49.4 Å². The maximum Gasteiger partial charge on any atom is 0.110 e. The van der Waals surface area contributed by atoms with Gasteiger partial charge in [0.25, 0.3) is 0 Å². The van der Waals surface area contributed by atoms with Crippen molar-refractivity contribution in [1.29, 1.82) is 0 Å². The molecule has 3 N–H and O–H groups in total. The summed E-state index contributed by atoms with van der Waals surface area (Å²) in [6.07, 6.45) is 7.54. The Morgan fingerprint density at radius 1 is 0.750 bits per heavy atom. The van der Waals surface area contributed by atoms with Crippen molar-refractivity contribution < 1.29 is 19.4 Å². The molecule has 9 unspecified atom stereocenters. The molecular weight excluding hydrogens is 350 g/mol. The molecule has 0 aromatic heterocycles. The van der Waals surface area contributed by atoms with Crippen molar-refractivity contribution >= 4 is 0 Å². The molecule has 7 aliphatic rings. The fraction of sp³-hybridized carbons (Fsp3) is 0.864. The molecule has 0 aromatic rings. The van der Waals surface area contributed by atoms with Gasteiger partial charge in [0.1, 0.15) is 6.10 Å². The molecule has 6 saturated heterocycles. The predicted octanol–water partition coefficient (Wildman–Crippen LogP) is -3.14. The number of likely N-dealkylation sites (N-methyl/N-ethyl adjacent to an activating group) is 1. The van der Waals surface area contributed by atoms with Crippen LogP contribution in [0.2, 0.25) is 0 Å². The molecule has 1 saturated carbocycles. The summed E-state index contributed by atoms with van der Waals surface area (Å²) in [6.45, 7) is 7.26. The summed E-state index contributed by atoms with van der Waals surface area (Å²) in [6, 6.07) is 5.18. The van der Waals surface area contributed by atoms with Gasteiger partial charge in [-0.15, -0.1) is 0 Å². The van der Waals surface area contributed by atoms with Gasteiger partial charge in [0.15, 0.2) is 0 Å². The highest BCUT2D eigenvalue weighted by Crippen LogP contribution is 2.34. The van der Waals surface area contributed by atoms with Crippen LogP contribution in [-0.4, -0.2) is 98.5 Å². The number of nitrogens with zero attached hydrogens (tertiary/aromatic N) is 2. The summed E-state index contributed by atoms with van der Waals surface area (Å²) in [7, 11) is 14.3. The number of quaternary nitrogens is 3. The maximum absolute atomic E-state index is 5.36. The van der Waals surface area contributed by atoms with E-state index in [9.17, 15) is 0 Å². The molecule has 0 aromatic carbocycles. The summed E-state index contributed by atoms with van der Waals surface area (Å²) in [4.78, 5) is 9.64. The quantitative estimate of drug-likeness (QED) is 0.413. The lowest BCUT2D eigenvalue weighted by Crippen LogP contribution is -3.11. The number of hydrogen-bond donors (Lipinski definition) is 3. The van der Waals surface area contributed by atoms with Crippen molar-refractivity contribution in [1.82, 2.24) is 9.80 Å². The van der Waals surface area contributed by atoms with Crippen LogP contribution in [0.25, 0.3) is 0 Å². The lowest BCUT2D eigenvalue weighted by Gasteiger charge is -2.33. The number of rotatable bonds is 1. The normalized spacial score (nSPS) is 51.2. The van der Waals surface area contributed by atoms with Gasteiger partial charge in [-0.05, 0) is 19.9 Å². The Hall–Kier alpha value is -0.240. The number of morpholine rings is 1. The van der Waals surface area contributed by atoms with Crippen LogP contribution in [-0.2, 0) is 4.74 Å². The zero-order valence-electron chi connectivity index (χ0n) is 17.7. The second-order valence-corrected chi connectivity index (χ2v) is 10.5. The number of likely N-dealkylation sites (tertiary alicyclic amines) is 5. The van der Waals surface area contributed by atoms with Gasteiger partial charge < -0.3 is 19.4 Å². The highest BCUT2D eigenvalue weighted by molar-refractivity contribution is 4.97. The van der Waals surface area contributed by atoms with E-state index in [1.165, 1.54) is 73.0 Å². The van der Waals surface area contributed by atoms with E-state index < -0.39 is 0 Å². The average Bonchev–Trinajstić information content (AvgIpc) is 3.17. The molecule has 1 aliphatic carbocycles. The molecule has 7 fully saturated rings. The molecule has 6 aliphatic heterocycles. The highest BCUT2D eigenvalue weighted by atomic mass is 16.5. The van der Waals surface area contributed by atoms with Crippen LogP contribution < -0.4 is 14.7 Å². The molecule has 6 nitrogen and oxygen atoms in total. The molecule has 9 atom stereocenters. The van der Waals surface area contributed by atoms with E-state index >= 15 is 0 Å². The standard InChI is InChI=1S/C9H16N2.C7H14N2.C6H11NO/c1-10-5-9-4-8(10)6-11(9)7-2-3-7;1-8-4-7-3-6(8)5-9(7)2;1-7-3-6-2-5(7)4-8-6/h7-10H,1-6H2;6-8H,1,3-5H2,2H3;5-7H,1-4H2. The molecule has 7 rings (SSSR count). The molecule has 28 heavy (non-hydrogen) atoms. The average molecular weight is 392 g/mol. The first kappa shape index (κ1) is 19.7. The van der Waals surface area contributed by atoms with Crippen LogP contribution in [0.3, 0.4) is 0 Å². The van der Waals surface area contributed by atoms with Gasteiger partial charge in [-0.1, -0.05) is 0 Å². The highest BCUT2D eigenvalue weighted by Gasteiger charge is 2.48.